The number of fused-ring (bicyclic) bond motifs is 2. The van der Waals surface area contributed by atoms with Crippen molar-refractivity contribution in [3.05, 3.63) is 104 Å². The third-order valence-electron chi connectivity index (χ3n) is 12.6. The zero-order valence-corrected chi connectivity index (χ0v) is 44.7. The van der Waals surface area contributed by atoms with E-state index in [1.807, 2.05) is 48.5 Å². The Hall–Kier alpha value is -4.71. The van der Waals surface area contributed by atoms with Crippen LogP contribution in [0.2, 0.25) is 0 Å². The standard InChI is InChI=1S/C27H32BrN5O2S.C22H26BrN5OS.4H2O/c1-29-27(35)25-22-15-21(17-7-8-17)24(16-23(22)31-33(25)20-11-9-19(28)10-12-20)32(36-2)14-4-13-30-26(34)18-5-3-6-18;1-25-22(29)21-18-12-17(14-4-5-14)20(27(30-2)11-3-10-24)13-19(18)26-28(21)16-8-6-15(23)7-9-16;;;;/h9-12,15-18H,3-8,13-14H2,1-2H3,(H,29,35)(H,30,34);6-9,12-14H,3-5,10-11,24H2,1-2H3,(H,25,29);4*1H2. The van der Waals surface area contributed by atoms with Crippen molar-refractivity contribution in [3.63, 3.8) is 0 Å². The van der Waals surface area contributed by atoms with E-state index in [2.05, 4.69) is 93.2 Å². The largest absolute Gasteiger partial charge is 0.412 e. The molecule has 3 fully saturated rings. The fraction of sp³-hybridized carbons (Fsp3) is 0.408. The maximum Gasteiger partial charge on any atom is 0.270 e. The minimum absolute atomic E-state index is 0. The van der Waals surface area contributed by atoms with Gasteiger partial charge in [0.2, 0.25) is 5.91 Å². The number of nitrogens with two attached hydrogens (primary N) is 1. The van der Waals surface area contributed by atoms with Crippen LogP contribution in [0.1, 0.15) is 102 Å². The first-order valence-electron chi connectivity index (χ1n) is 22.8. The molecule has 3 amide bonds. The Morgan fingerprint density at radius 1 is 0.657 bits per heavy atom. The quantitative estimate of drug-likeness (QED) is 0.0530. The van der Waals surface area contributed by atoms with Crippen molar-refractivity contribution in [2.24, 2.45) is 11.7 Å². The first-order chi connectivity index (χ1) is 32.1. The minimum Gasteiger partial charge on any atom is -0.412 e. The highest BCUT2D eigenvalue weighted by Gasteiger charge is 2.32. The Morgan fingerprint density at radius 3 is 1.41 bits per heavy atom. The molecule has 0 unspecified atom stereocenters. The summed E-state index contributed by atoms with van der Waals surface area (Å²) in [6.45, 7) is 3.06. The van der Waals surface area contributed by atoms with Crippen molar-refractivity contribution >= 4 is 107 Å². The average molecular weight is 1130 g/mol. The van der Waals surface area contributed by atoms with E-state index in [1.54, 1.807) is 47.4 Å². The van der Waals surface area contributed by atoms with Gasteiger partial charge in [0.1, 0.15) is 11.4 Å². The molecule has 2 heterocycles. The molecule has 17 nitrogen and oxygen atoms in total. The predicted molar refractivity (Wildman–Crippen MR) is 293 cm³/mol. The van der Waals surface area contributed by atoms with Gasteiger partial charge in [0.25, 0.3) is 11.8 Å². The van der Waals surface area contributed by atoms with Crippen molar-refractivity contribution in [3.8, 4) is 11.4 Å². The number of aromatic nitrogens is 4. The van der Waals surface area contributed by atoms with Gasteiger partial charge in [-0.1, -0.05) is 62.2 Å². The maximum absolute atomic E-state index is 13.0. The van der Waals surface area contributed by atoms with E-state index in [4.69, 9.17) is 15.9 Å². The predicted octanol–water partition coefficient (Wildman–Crippen LogP) is 6.58. The lowest BCUT2D eigenvalue weighted by atomic mass is 9.85. The van der Waals surface area contributed by atoms with Gasteiger partial charge in [0.15, 0.2) is 0 Å². The molecule has 70 heavy (non-hydrogen) atoms. The number of rotatable bonds is 18. The highest BCUT2D eigenvalue weighted by atomic mass is 79.9. The molecule has 0 radical (unpaired) electrons. The Balaban J connectivity index is 0.000000292. The number of benzene rings is 4. The molecule has 4 aromatic carbocycles. The highest BCUT2D eigenvalue weighted by molar-refractivity contribution is 9.10. The van der Waals surface area contributed by atoms with Crippen LogP contribution in [0.15, 0.2) is 81.7 Å². The lowest BCUT2D eigenvalue weighted by Crippen LogP contribution is -2.35. The number of anilines is 2. The van der Waals surface area contributed by atoms with E-state index in [0.29, 0.717) is 36.3 Å². The zero-order chi connectivity index (χ0) is 46.5. The number of hydrogen-bond acceptors (Lipinski definition) is 10. The van der Waals surface area contributed by atoms with E-state index in [-0.39, 0.29) is 45.5 Å². The second-order valence-corrected chi connectivity index (χ2v) is 20.5. The Kier molecular flexibility index (Phi) is 21.6. The van der Waals surface area contributed by atoms with E-state index in [0.717, 1.165) is 99.4 Å². The SMILES string of the molecule is CNC(=O)c1c2cc(C3CC3)c(N(CCCN)SC)cc2nn1-c1ccc(Br)cc1.CNC(=O)c1c2cc(C3CC3)c(N(CCCNC(=O)C3CCC3)SC)cc2nn1-c1ccc(Br)cc1.O.O.O.O. The summed E-state index contributed by atoms with van der Waals surface area (Å²) < 4.78 is 10.1. The number of hydrogen-bond donors (Lipinski definition) is 4. The summed E-state index contributed by atoms with van der Waals surface area (Å²) in [7, 11) is 3.31. The van der Waals surface area contributed by atoms with Gasteiger partial charge in [-0.05, 0) is 154 Å². The van der Waals surface area contributed by atoms with Crippen LogP contribution in [0, 0.1) is 5.92 Å². The summed E-state index contributed by atoms with van der Waals surface area (Å²) in [4.78, 5) is 38.0. The third kappa shape index (κ3) is 12.8. The molecule has 0 atom stereocenters. The molecule has 3 saturated carbocycles. The van der Waals surface area contributed by atoms with Crippen LogP contribution < -0.4 is 30.3 Å². The third-order valence-corrected chi connectivity index (χ3v) is 15.3. The zero-order valence-electron chi connectivity index (χ0n) is 39.9. The number of nitrogens with zero attached hydrogens (tertiary/aromatic N) is 6. The molecule has 0 aliphatic heterocycles. The molecule has 9 rings (SSSR count). The topological polar surface area (TPSA) is 281 Å². The Labute approximate surface area is 434 Å². The van der Waals surface area contributed by atoms with Crippen LogP contribution in [0.4, 0.5) is 11.4 Å². The minimum atomic E-state index is -0.154. The Morgan fingerprint density at radius 2 is 1.07 bits per heavy atom. The van der Waals surface area contributed by atoms with Gasteiger partial charge in [-0.2, -0.15) is 10.2 Å². The molecule has 13 N–H and O–H groups in total. The molecule has 6 aromatic rings. The van der Waals surface area contributed by atoms with Crippen LogP contribution in [0.3, 0.4) is 0 Å². The van der Waals surface area contributed by atoms with Crippen molar-refractivity contribution in [2.75, 3.05) is 61.4 Å². The van der Waals surface area contributed by atoms with Crippen molar-refractivity contribution < 1.29 is 36.3 Å². The van der Waals surface area contributed by atoms with E-state index < -0.39 is 0 Å². The van der Waals surface area contributed by atoms with Crippen LogP contribution >= 0.6 is 55.8 Å². The maximum atomic E-state index is 13.0. The molecule has 0 spiro atoms. The van der Waals surface area contributed by atoms with Gasteiger partial charge in [-0.15, -0.1) is 0 Å². The van der Waals surface area contributed by atoms with Gasteiger partial charge in [-0.25, -0.2) is 9.36 Å². The summed E-state index contributed by atoms with van der Waals surface area (Å²) >= 11 is 10.4. The number of carbonyl (C=O) groups is 3. The molecule has 0 bridgehead atoms. The summed E-state index contributed by atoms with van der Waals surface area (Å²) in [6, 6.07) is 24.3. The molecular weight excluding hydrogens is 1060 g/mol. The normalized spacial score (nSPS) is 13.8. The van der Waals surface area contributed by atoms with Gasteiger partial charge in [0, 0.05) is 71.9 Å². The summed E-state index contributed by atoms with van der Waals surface area (Å²) in [5.41, 5.74) is 15.1. The second-order valence-electron chi connectivity index (χ2n) is 17.0. The molecule has 21 heteroatoms. The van der Waals surface area contributed by atoms with E-state index >= 15 is 0 Å². The molecule has 3 aliphatic rings. The molecule has 2 aromatic heterocycles. The average Bonchev–Trinajstić information content (AvgIpc) is 4.26. The lowest BCUT2D eigenvalue weighted by molar-refractivity contribution is -0.127. The number of halogens is 2. The fourth-order valence-corrected chi connectivity index (χ4v) is 10.3. The van der Waals surface area contributed by atoms with Crippen molar-refractivity contribution in [1.29, 1.82) is 0 Å². The smallest absolute Gasteiger partial charge is 0.270 e. The number of amides is 3. The number of carbonyl (C=O) groups excluding carboxylic acids is 3. The summed E-state index contributed by atoms with van der Waals surface area (Å²) in [6.07, 6.45) is 13.9. The van der Waals surface area contributed by atoms with Gasteiger partial charge in [0.05, 0.1) is 33.8 Å². The first-order valence-corrected chi connectivity index (χ1v) is 26.7. The monoisotopic (exact) mass is 1130 g/mol. The van der Waals surface area contributed by atoms with Gasteiger partial charge < -0.3 is 52.2 Å². The van der Waals surface area contributed by atoms with E-state index in [9.17, 15) is 14.4 Å². The van der Waals surface area contributed by atoms with Crippen LogP contribution in [0.5, 0.6) is 0 Å². The van der Waals surface area contributed by atoms with Crippen LogP contribution in [-0.2, 0) is 4.79 Å². The van der Waals surface area contributed by atoms with Crippen molar-refractivity contribution in [1.82, 2.24) is 35.5 Å². The lowest BCUT2D eigenvalue weighted by Gasteiger charge is -2.26. The Bertz CT molecular complexity index is 2710. The summed E-state index contributed by atoms with van der Waals surface area (Å²) in [5.74, 6) is 1.19. The molecular formula is C49H66Br2N10O7S2. The van der Waals surface area contributed by atoms with Crippen LogP contribution in [0.25, 0.3) is 33.2 Å². The van der Waals surface area contributed by atoms with Crippen molar-refractivity contribution in [2.45, 2.75) is 69.6 Å². The summed E-state index contributed by atoms with van der Waals surface area (Å²) in [5, 5.41) is 20.2. The molecule has 3 aliphatic carbocycles. The second kappa shape index (κ2) is 26.1. The fourth-order valence-electron chi connectivity index (χ4n) is 8.47. The van der Waals surface area contributed by atoms with Gasteiger partial charge in [-0.3, -0.25) is 14.4 Å². The molecule has 0 saturated heterocycles. The highest BCUT2D eigenvalue weighted by Crippen LogP contribution is 2.48. The van der Waals surface area contributed by atoms with Crippen LogP contribution in [-0.4, -0.2) is 112 Å². The van der Waals surface area contributed by atoms with Gasteiger partial charge >= 0.3 is 0 Å². The first kappa shape index (κ1) is 57.9. The number of nitrogens with one attached hydrogen (secondary N) is 3. The molecule has 380 valence electrons. The van der Waals surface area contributed by atoms with E-state index in [1.165, 1.54) is 36.1 Å².